The normalized spacial score (nSPS) is 11.6. The van der Waals surface area contributed by atoms with Gasteiger partial charge in [0.05, 0.1) is 25.1 Å². The Labute approximate surface area is 139 Å². The number of carbonyl (C=O) groups excluding carboxylic acids is 2. The van der Waals surface area contributed by atoms with E-state index in [-0.39, 0.29) is 12.3 Å². The van der Waals surface area contributed by atoms with Crippen LogP contribution in [0.5, 0.6) is 0 Å². The third-order valence-electron chi connectivity index (χ3n) is 3.36. The van der Waals surface area contributed by atoms with Gasteiger partial charge in [-0.25, -0.2) is 0 Å². The van der Waals surface area contributed by atoms with Crippen LogP contribution in [0.15, 0.2) is 42.6 Å². The molecule has 2 aromatic rings. The van der Waals surface area contributed by atoms with Crippen LogP contribution in [0.3, 0.4) is 0 Å². The zero-order chi connectivity index (χ0) is 16.8. The molecular weight excluding hydrogens is 316 g/mol. The van der Waals surface area contributed by atoms with Crippen molar-refractivity contribution >= 4 is 23.5 Å². The van der Waals surface area contributed by atoms with Crippen molar-refractivity contribution in [3.05, 3.63) is 64.4 Å². The van der Waals surface area contributed by atoms with Gasteiger partial charge in [-0.2, -0.15) is 0 Å². The second kappa shape index (κ2) is 7.74. The van der Waals surface area contributed by atoms with Gasteiger partial charge in [0.2, 0.25) is 0 Å². The van der Waals surface area contributed by atoms with Crippen LogP contribution in [0.1, 0.15) is 34.1 Å². The summed E-state index contributed by atoms with van der Waals surface area (Å²) in [6.45, 7) is 1.84. The van der Waals surface area contributed by atoms with Gasteiger partial charge < -0.3 is 10.1 Å². The van der Waals surface area contributed by atoms with Crippen molar-refractivity contribution < 1.29 is 14.3 Å². The average molecular weight is 333 g/mol. The van der Waals surface area contributed by atoms with Crippen molar-refractivity contribution in [2.45, 2.75) is 19.4 Å². The van der Waals surface area contributed by atoms with Crippen LogP contribution in [0.25, 0.3) is 0 Å². The van der Waals surface area contributed by atoms with E-state index in [0.717, 1.165) is 5.69 Å². The molecule has 5 nitrogen and oxygen atoms in total. The molecule has 1 heterocycles. The van der Waals surface area contributed by atoms with Crippen LogP contribution < -0.4 is 5.32 Å². The fourth-order valence-electron chi connectivity index (χ4n) is 2.09. The van der Waals surface area contributed by atoms with Crippen LogP contribution in [0.4, 0.5) is 0 Å². The number of nitrogens with zero attached hydrogens (tertiary/aromatic N) is 1. The van der Waals surface area contributed by atoms with E-state index in [0.29, 0.717) is 16.1 Å². The van der Waals surface area contributed by atoms with Gasteiger partial charge in [-0.3, -0.25) is 14.6 Å². The number of hydrogen-bond donors (Lipinski definition) is 1. The highest BCUT2D eigenvalue weighted by Crippen LogP contribution is 2.25. The van der Waals surface area contributed by atoms with Crippen molar-refractivity contribution in [2.24, 2.45) is 0 Å². The zero-order valence-corrected chi connectivity index (χ0v) is 13.6. The van der Waals surface area contributed by atoms with E-state index >= 15 is 0 Å². The number of aromatic nitrogens is 1. The molecule has 0 spiro atoms. The fourth-order valence-corrected chi connectivity index (χ4v) is 2.36. The molecule has 0 bridgehead atoms. The molecule has 1 unspecified atom stereocenters. The molecule has 1 amide bonds. The van der Waals surface area contributed by atoms with Crippen molar-refractivity contribution in [1.29, 1.82) is 0 Å². The minimum atomic E-state index is -0.579. The smallest absolute Gasteiger partial charge is 0.307 e. The lowest BCUT2D eigenvalue weighted by Gasteiger charge is -2.19. The maximum absolute atomic E-state index is 12.4. The first-order valence-electron chi connectivity index (χ1n) is 7.06. The van der Waals surface area contributed by atoms with Crippen LogP contribution in [0.2, 0.25) is 5.02 Å². The summed E-state index contributed by atoms with van der Waals surface area (Å²) in [7, 11) is 1.30. The number of ether oxygens (including phenoxy) is 1. The van der Waals surface area contributed by atoms with E-state index in [1.54, 1.807) is 36.4 Å². The topological polar surface area (TPSA) is 68.3 Å². The Morgan fingerprint density at radius 2 is 2.00 bits per heavy atom. The van der Waals surface area contributed by atoms with Crippen LogP contribution in [-0.2, 0) is 9.53 Å². The number of nitrogens with one attached hydrogen (secondary N) is 1. The maximum Gasteiger partial charge on any atom is 0.307 e. The third kappa shape index (κ3) is 4.53. The summed E-state index contributed by atoms with van der Waals surface area (Å²) in [6, 6.07) is 9.91. The van der Waals surface area contributed by atoms with Gasteiger partial charge in [0.15, 0.2) is 0 Å². The summed E-state index contributed by atoms with van der Waals surface area (Å²) in [5, 5.41) is 3.29. The number of hydrogen-bond acceptors (Lipinski definition) is 4. The van der Waals surface area contributed by atoms with Gasteiger partial charge in [-0.05, 0) is 30.7 Å². The summed E-state index contributed by atoms with van der Waals surface area (Å²) < 4.78 is 4.70. The zero-order valence-electron chi connectivity index (χ0n) is 12.9. The Kier molecular flexibility index (Phi) is 5.71. The van der Waals surface area contributed by atoms with Crippen LogP contribution >= 0.6 is 11.6 Å². The van der Waals surface area contributed by atoms with Gasteiger partial charge >= 0.3 is 5.97 Å². The number of benzene rings is 1. The van der Waals surface area contributed by atoms with Crippen LogP contribution in [-0.4, -0.2) is 24.0 Å². The highest BCUT2D eigenvalue weighted by molar-refractivity contribution is 6.31. The number of halogens is 1. The highest BCUT2D eigenvalue weighted by atomic mass is 35.5. The number of carbonyl (C=O) groups is 2. The van der Waals surface area contributed by atoms with Gasteiger partial charge in [-0.15, -0.1) is 0 Å². The van der Waals surface area contributed by atoms with Gasteiger partial charge in [0, 0.05) is 16.9 Å². The molecule has 0 aliphatic carbocycles. The van der Waals surface area contributed by atoms with E-state index < -0.39 is 12.0 Å². The molecule has 0 fully saturated rings. The van der Waals surface area contributed by atoms with Gasteiger partial charge in [-0.1, -0.05) is 29.8 Å². The lowest BCUT2D eigenvalue weighted by molar-refractivity contribution is -0.141. The first-order valence-corrected chi connectivity index (χ1v) is 7.44. The number of methoxy groups -OCH3 is 1. The van der Waals surface area contributed by atoms with E-state index in [4.69, 9.17) is 16.3 Å². The summed E-state index contributed by atoms with van der Waals surface area (Å²) >= 11 is 6.18. The van der Waals surface area contributed by atoms with Crippen molar-refractivity contribution in [2.75, 3.05) is 7.11 Å². The summed E-state index contributed by atoms with van der Waals surface area (Å²) in [4.78, 5) is 28.1. The Balaban J connectivity index is 2.24. The first kappa shape index (κ1) is 17.0. The molecule has 23 heavy (non-hydrogen) atoms. The molecule has 0 saturated carbocycles. The molecule has 1 aromatic heterocycles. The number of rotatable bonds is 5. The molecule has 1 aromatic carbocycles. The van der Waals surface area contributed by atoms with E-state index in [2.05, 4.69) is 10.3 Å². The molecule has 0 saturated heterocycles. The standard InChI is InChI=1S/C17H17ClN2O3/c1-11-7-8-12(10-19-11)17(22)20-15(9-16(21)23-2)13-5-3-4-6-14(13)18/h3-8,10,15H,9H2,1-2H3,(H,20,22). The van der Waals surface area contributed by atoms with Crippen LogP contribution in [0, 0.1) is 6.92 Å². The minimum Gasteiger partial charge on any atom is -0.469 e. The highest BCUT2D eigenvalue weighted by Gasteiger charge is 2.21. The monoisotopic (exact) mass is 332 g/mol. The SMILES string of the molecule is COC(=O)CC(NC(=O)c1ccc(C)nc1)c1ccccc1Cl. The largest absolute Gasteiger partial charge is 0.469 e. The lowest BCUT2D eigenvalue weighted by Crippen LogP contribution is -2.30. The average Bonchev–Trinajstić information content (AvgIpc) is 2.55. The second-order valence-corrected chi connectivity index (χ2v) is 5.42. The summed E-state index contributed by atoms with van der Waals surface area (Å²) in [5.41, 5.74) is 1.89. The predicted octanol–water partition coefficient (Wildman–Crippen LogP) is 3.08. The Morgan fingerprint density at radius 1 is 1.26 bits per heavy atom. The number of amides is 1. The molecule has 6 heteroatoms. The number of aryl methyl sites for hydroxylation is 1. The van der Waals surface area contributed by atoms with Crippen molar-refractivity contribution in [1.82, 2.24) is 10.3 Å². The second-order valence-electron chi connectivity index (χ2n) is 5.02. The quantitative estimate of drug-likeness (QED) is 0.854. The molecule has 120 valence electrons. The van der Waals surface area contributed by atoms with Gasteiger partial charge in [0.1, 0.15) is 0 Å². The fraction of sp³-hybridized carbons (Fsp3) is 0.235. The van der Waals surface area contributed by atoms with Gasteiger partial charge in [0.25, 0.3) is 5.91 Å². The predicted molar refractivity (Wildman–Crippen MR) is 87.3 cm³/mol. The third-order valence-corrected chi connectivity index (χ3v) is 3.70. The minimum absolute atomic E-state index is 0.00867. The molecule has 0 aliphatic rings. The van der Waals surface area contributed by atoms with E-state index in [1.807, 2.05) is 6.92 Å². The molecule has 0 aliphatic heterocycles. The molecule has 1 atom stereocenters. The summed E-state index contributed by atoms with van der Waals surface area (Å²) in [5.74, 6) is -0.761. The molecule has 0 radical (unpaired) electrons. The van der Waals surface area contributed by atoms with Crippen molar-refractivity contribution in [3.8, 4) is 0 Å². The first-order chi connectivity index (χ1) is 11.0. The Bertz CT molecular complexity index is 701. The Hall–Kier alpha value is -2.40. The van der Waals surface area contributed by atoms with E-state index in [9.17, 15) is 9.59 Å². The lowest BCUT2D eigenvalue weighted by atomic mass is 10.0. The maximum atomic E-state index is 12.4. The number of esters is 1. The Morgan fingerprint density at radius 3 is 2.61 bits per heavy atom. The molecule has 1 N–H and O–H groups in total. The van der Waals surface area contributed by atoms with E-state index in [1.165, 1.54) is 13.3 Å². The summed E-state index contributed by atoms with van der Waals surface area (Å²) in [6.07, 6.45) is 1.48. The molecule has 2 rings (SSSR count). The molecular formula is C17H17ClN2O3. The van der Waals surface area contributed by atoms with Crippen molar-refractivity contribution in [3.63, 3.8) is 0 Å². The number of pyridine rings is 1.